The van der Waals surface area contributed by atoms with Gasteiger partial charge in [-0.2, -0.15) is 5.10 Å². The molecule has 0 aliphatic carbocycles. The lowest BCUT2D eigenvalue weighted by atomic mass is 9.97. The van der Waals surface area contributed by atoms with Crippen molar-refractivity contribution in [3.05, 3.63) is 109 Å². The van der Waals surface area contributed by atoms with E-state index in [-0.39, 0.29) is 22.1 Å². The number of nitro groups is 2. The molecule has 0 aliphatic heterocycles. The van der Waals surface area contributed by atoms with Gasteiger partial charge in [-0.05, 0) is 33.7 Å². The zero-order valence-electron chi connectivity index (χ0n) is 20.3. The molecular formula is C26H17N7O6S. The Morgan fingerprint density at radius 3 is 2.23 bits per heavy atom. The molecule has 0 unspecified atom stereocenters. The van der Waals surface area contributed by atoms with Gasteiger partial charge in [0, 0.05) is 11.6 Å². The van der Waals surface area contributed by atoms with Crippen LogP contribution in [0.1, 0.15) is 20.9 Å². The zero-order chi connectivity index (χ0) is 28.2. The van der Waals surface area contributed by atoms with Crippen molar-refractivity contribution in [2.24, 2.45) is 5.10 Å². The molecule has 4 aromatic carbocycles. The highest BCUT2D eigenvalue weighted by Crippen LogP contribution is 2.28. The van der Waals surface area contributed by atoms with Gasteiger partial charge in [0.2, 0.25) is 11.0 Å². The maximum atomic E-state index is 12.6. The number of amides is 2. The van der Waals surface area contributed by atoms with Gasteiger partial charge in [-0.15, -0.1) is 10.2 Å². The second-order valence-electron chi connectivity index (χ2n) is 8.37. The quantitative estimate of drug-likeness (QED) is 0.120. The topological polar surface area (TPSA) is 183 Å². The minimum atomic E-state index is -0.902. The number of nitrogens with one attached hydrogen (secondary N) is 2. The minimum Gasteiger partial charge on any atom is -0.296 e. The number of rotatable bonds is 8. The Labute approximate surface area is 228 Å². The highest BCUT2D eigenvalue weighted by atomic mass is 32.1. The van der Waals surface area contributed by atoms with E-state index in [9.17, 15) is 29.8 Å². The molecule has 0 bridgehead atoms. The number of fused-ring (bicyclic) bond motifs is 2. The summed E-state index contributed by atoms with van der Waals surface area (Å²) in [7, 11) is 0. The summed E-state index contributed by atoms with van der Waals surface area (Å²) in [6.07, 6.45) is 1.41. The van der Waals surface area contributed by atoms with Gasteiger partial charge in [0.25, 0.3) is 17.3 Å². The van der Waals surface area contributed by atoms with Crippen LogP contribution in [-0.4, -0.2) is 38.1 Å². The van der Waals surface area contributed by atoms with Crippen LogP contribution in [0, 0.1) is 20.2 Å². The monoisotopic (exact) mass is 555 g/mol. The van der Waals surface area contributed by atoms with E-state index in [0.717, 1.165) is 50.6 Å². The third kappa shape index (κ3) is 5.46. The fourth-order valence-electron chi connectivity index (χ4n) is 4.05. The SMILES string of the molecule is O=C(Cc1nnc(NC(=O)c2ccc([N+](=O)[O-])cc2[N+](=O)[O-])s1)N/N=C\c1c2ccccc2cc2ccccc12. The average Bonchev–Trinajstić information content (AvgIpc) is 3.38. The van der Waals surface area contributed by atoms with Crippen molar-refractivity contribution in [3.8, 4) is 0 Å². The molecule has 0 saturated heterocycles. The number of nitrogens with zero attached hydrogens (tertiary/aromatic N) is 5. The predicted octanol–water partition coefficient (Wildman–Crippen LogP) is 4.61. The Morgan fingerprint density at radius 1 is 0.900 bits per heavy atom. The van der Waals surface area contributed by atoms with Crippen molar-refractivity contribution >= 4 is 67.4 Å². The summed E-state index contributed by atoms with van der Waals surface area (Å²) >= 11 is 0.895. The number of aromatic nitrogens is 2. The molecule has 0 fully saturated rings. The van der Waals surface area contributed by atoms with Crippen LogP contribution < -0.4 is 10.7 Å². The Kier molecular flexibility index (Phi) is 7.15. The third-order valence-electron chi connectivity index (χ3n) is 5.83. The second-order valence-corrected chi connectivity index (χ2v) is 9.44. The van der Waals surface area contributed by atoms with E-state index in [1.807, 2.05) is 48.5 Å². The highest BCUT2D eigenvalue weighted by molar-refractivity contribution is 7.15. The van der Waals surface area contributed by atoms with Crippen LogP contribution in [0.5, 0.6) is 0 Å². The Morgan fingerprint density at radius 2 is 1.57 bits per heavy atom. The van der Waals surface area contributed by atoms with Gasteiger partial charge in [-0.1, -0.05) is 59.9 Å². The first-order valence-corrected chi connectivity index (χ1v) is 12.4. The maximum absolute atomic E-state index is 12.6. The average molecular weight is 556 g/mol. The Balaban J connectivity index is 1.26. The van der Waals surface area contributed by atoms with Crippen molar-refractivity contribution < 1.29 is 19.4 Å². The fraction of sp³-hybridized carbons (Fsp3) is 0.0385. The number of carbonyl (C=O) groups excluding carboxylic acids is 2. The molecule has 5 aromatic rings. The van der Waals surface area contributed by atoms with Gasteiger partial charge >= 0.3 is 0 Å². The lowest BCUT2D eigenvalue weighted by Crippen LogP contribution is -2.19. The van der Waals surface area contributed by atoms with Crippen LogP contribution in [-0.2, 0) is 11.2 Å². The Hall–Kier alpha value is -5.63. The zero-order valence-corrected chi connectivity index (χ0v) is 21.1. The molecule has 2 N–H and O–H groups in total. The number of non-ortho nitro benzene ring substituents is 1. The van der Waals surface area contributed by atoms with Crippen LogP contribution in [0.15, 0.2) is 77.9 Å². The fourth-order valence-corrected chi connectivity index (χ4v) is 4.78. The van der Waals surface area contributed by atoms with Gasteiger partial charge in [0.05, 0.1) is 28.5 Å². The molecule has 0 aliphatic rings. The summed E-state index contributed by atoms with van der Waals surface area (Å²) in [5.74, 6) is -1.37. The molecule has 1 heterocycles. The molecule has 0 radical (unpaired) electrons. The van der Waals surface area contributed by atoms with E-state index in [1.54, 1.807) is 6.21 Å². The van der Waals surface area contributed by atoms with E-state index in [0.29, 0.717) is 6.07 Å². The molecule has 5 rings (SSSR count). The van der Waals surface area contributed by atoms with Crippen molar-refractivity contribution in [3.63, 3.8) is 0 Å². The number of benzene rings is 4. The normalized spacial score (nSPS) is 11.1. The second kappa shape index (κ2) is 11.0. The summed E-state index contributed by atoms with van der Waals surface area (Å²) in [5, 5.41) is 40.7. The lowest BCUT2D eigenvalue weighted by Gasteiger charge is -2.07. The largest absolute Gasteiger partial charge is 0.296 e. The van der Waals surface area contributed by atoms with Crippen LogP contribution in [0.2, 0.25) is 0 Å². The van der Waals surface area contributed by atoms with E-state index < -0.39 is 33.0 Å². The van der Waals surface area contributed by atoms with Gasteiger partial charge in [0.1, 0.15) is 10.6 Å². The summed E-state index contributed by atoms with van der Waals surface area (Å²) in [6, 6.07) is 20.5. The summed E-state index contributed by atoms with van der Waals surface area (Å²) in [4.78, 5) is 45.6. The van der Waals surface area contributed by atoms with E-state index in [1.165, 1.54) is 0 Å². The standard InChI is InChI=1S/C26H17N7O6S/c34-23(29-27-14-21-18-7-3-1-5-15(18)11-16-6-2-4-8-19(16)21)13-24-30-31-26(40-24)28-25(35)20-10-9-17(32(36)37)12-22(20)33(38)39/h1-12,14H,13H2,(H,29,34)(H,28,31,35)/b27-14-. The molecule has 0 saturated carbocycles. The van der Waals surface area contributed by atoms with Crippen LogP contribution >= 0.6 is 11.3 Å². The molecule has 40 heavy (non-hydrogen) atoms. The van der Waals surface area contributed by atoms with E-state index in [2.05, 4.69) is 32.1 Å². The minimum absolute atomic E-state index is 0.00817. The first-order valence-electron chi connectivity index (χ1n) is 11.6. The van der Waals surface area contributed by atoms with Crippen molar-refractivity contribution in [1.29, 1.82) is 0 Å². The number of nitro benzene ring substituents is 2. The van der Waals surface area contributed by atoms with Gasteiger partial charge in [0.15, 0.2) is 0 Å². The molecule has 1 aromatic heterocycles. The van der Waals surface area contributed by atoms with Crippen molar-refractivity contribution in [2.45, 2.75) is 6.42 Å². The Bertz CT molecular complexity index is 1800. The molecule has 13 nitrogen and oxygen atoms in total. The first-order chi connectivity index (χ1) is 19.3. The first kappa shape index (κ1) is 26.0. The molecular weight excluding hydrogens is 538 g/mol. The van der Waals surface area contributed by atoms with Crippen LogP contribution in [0.4, 0.5) is 16.5 Å². The number of hydrogen-bond acceptors (Lipinski definition) is 10. The van der Waals surface area contributed by atoms with Gasteiger partial charge < -0.3 is 0 Å². The number of carbonyl (C=O) groups is 2. The van der Waals surface area contributed by atoms with E-state index >= 15 is 0 Å². The molecule has 14 heteroatoms. The molecule has 2 amide bonds. The number of hydrogen-bond donors (Lipinski definition) is 2. The maximum Gasteiger partial charge on any atom is 0.289 e. The summed E-state index contributed by atoms with van der Waals surface area (Å²) in [5.41, 5.74) is 1.69. The third-order valence-corrected chi connectivity index (χ3v) is 6.67. The van der Waals surface area contributed by atoms with Gasteiger partial charge in [-0.25, -0.2) is 5.43 Å². The predicted molar refractivity (Wildman–Crippen MR) is 149 cm³/mol. The van der Waals surface area contributed by atoms with Crippen molar-refractivity contribution in [1.82, 2.24) is 15.6 Å². The number of anilines is 1. The van der Waals surface area contributed by atoms with Gasteiger partial charge in [-0.3, -0.25) is 35.1 Å². The molecule has 198 valence electrons. The van der Waals surface area contributed by atoms with Crippen LogP contribution in [0.3, 0.4) is 0 Å². The summed E-state index contributed by atoms with van der Waals surface area (Å²) < 4.78 is 0. The van der Waals surface area contributed by atoms with Crippen molar-refractivity contribution in [2.75, 3.05) is 5.32 Å². The number of hydrazone groups is 1. The van der Waals surface area contributed by atoms with Crippen LogP contribution in [0.25, 0.3) is 21.5 Å². The lowest BCUT2D eigenvalue weighted by molar-refractivity contribution is -0.394. The summed E-state index contributed by atoms with van der Waals surface area (Å²) in [6.45, 7) is 0. The molecule has 0 spiro atoms. The highest BCUT2D eigenvalue weighted by Gasteiger charge is 2.25. The smallest absolute Gasteiger partial charge is 0.289 e. The van der Waals surface area contributed by atoms with E-state index in [4.69, 9.17) is 0 Å². The molecule has 0 atom stereocenters.